The van der Waals surface area contributed by atoms with Gasteiger partial charge in [0.25, 0.3) is 0 Å². The van der Waals surface area contributed by atoms with E-state index in [1.165, 1.54) is 12.8 Å². The Morgan fingerprint density at radius 2 is 2.05 bits per heavy atom. The molecule has 0 aromatic carbocycles. The van der Waals surface area contributed by atoms with Gasteiger partial charge in [0.2, 0.25) is 5.88 Å². The average Bonchev–Trinajstić information content (AvgIpc) is 2.42. The van der Waals surface area contributed by atoms with Crippen LogP contribution in [0.25, 0.3) is 0 Å². The van der Waals surface area contributed by atoms with Crippen molar-refractivity contribution in [2.45, 2.75) is 45.6 Å². The van der Waals surface area contributed by atoms with Crippen LogP contribution in [0.5, 0.6) is 5.88 Å². The van der Waals surface area contributed by atoms with Gasteiger partial charge in [-0.25, -0.2) is 9.97 Å². The highest BCUT2D eigenvalue weighted by atomic mass is 16.5. The van der Waals surface area contributed by atoms with Crippen molar-refractivity contribution in [3.05, 3.63) is 11.9 Å². The standard InChI is InChI=1S/C14H24N4O/c1-3-19-14-10(2)13(17-9-18-14)16-8-11-4-6-12(15)7-5-11/h9,11-12H,3-8,15H2,1-2H3,(H,16,17,18). The van der Waals surface area contributed by atoms with Gasteiger partial charge >= 0.3 is 0 Å². The number of hydrogen-bond donors (Lipinski definition) is 2. The lowest BCUT2D eigenvalue weighted by Gasteiger charge is -2.26. The monoisotopic (exact) mass is 264 g/mol. The lowest BCUT2D eigenvalue weighted by Crippen LogP contribution is -2.29. The van der Waals surface area contributed by atoms with Gasteiger partial charge in [-0.05, 0) is 45.4 Å². The second-order valence-electron chi connectivity index (χ2n) is 5.25. The van der Waals surface area contributed by atoms with Gasteiger partial charge in [-0.3, -0.25) is 0 Å². The Bertz CT molecular complexity index is 402. The van der Waals surface area contributed by atoms with Crippen molar-refractivity contribution in [2.75, 3.05) is 18.5 Å². The van der Waals surface area contributed by atoms with Crippen LogP contribution in [0.15, 0.2) is 6.33 Å². The minimum absolute atomic E-state index is 0.404. The predicted molar refractivity (Wildman–Crippen MR) is 76.4 cm³/mol. The maximum Gasteiger partial charge on any atom is 0.221 e. The van der Waals surface area contributed by atoms with Crippen molar-refractivity contribution in [1.29, 1.82) is 0 Å². The van der Waals surface area contributed by atoms with Crippen LogP contribution >= 0.6 is 0 Å². The fraction of sp³-hybridized carbons (Fsp3) is 0.714. The van der Waals surface area contributed by atoms with Crippen LogP contribution in [0.3, 0.4) is 0 Å². The quantitative estimate of drug-likeness (QED) is 0.852. The summed E-state index contributed by atoms with van der Waals surface area (Å²) in [5.74, 6) is 2.25. The van der Waals surface area contributed by atoms with Crippen LogP contribution in [0, 0.1) is 12.8 Å². The van der Waals surface area contributed by atoms with Crippen LogP contribution in [-0.2, 0) is 0 Å². The van der Waals surface area contributed by atoms with E-state index in [1.807, 2.05) is 13.8 Å². The molecule has 1 aliphatic carbocycles. The molecule has 0 bridgehead atoms. The minimum Gasteiger partial charge on any atom is -0.478 e. The van der Waals surface area contributed by atoms with Crippen molar-refractivity contribution in [3.63, 3.8) is 0 Å². The molecule has 1 aliphatic rings. The summed E-state index contributed by atoms with van der Waals surface area (Å²) in [5.41, 5.74) is 6.91. The van der Waals surface area contributed by atoms with E-state index in [-0.39, 0.29) is 0 Å². The second kappa shape index (κ2) is 6.70. The number of nitrogens with zero attached hydrogens (tertiary/aromatic N) is 2. The Morgan fingerprint density at radius 1 is 1.32 bits per heavy atom. The zero-order valence-electron chi connectivity index (χ0n) is 11.9. The first-order valence-corrected chi connectivity index (χ1v) is 7.14. The van der Waals surface area contributed by atoms with Gasteiger partial charge in [-0.15, -0.1) is 0 Å². The molecule has 0 atom stereocenters. The van der Waals surface area contributed by atoms with Crippen molar-refractivity contribution in [1.82, 2.24) is 9.97 Å². The first-order chi connectivity index (χ1) is 9.20. The summed E-state index contributed by atoms with van der Waals surface area (Å²) in [6.07, 6.45) is 6.24. The number of rotatable bonds is 5. The third-order valence-electron chi connectivity index (χ3n) is 3.77. The molecule has 0 radical (unpaired) electrons. The van der Waals surface area contributed by atoms with E-state index in [4.69, 9.17) is 10.5 Å². The molecule has 1 heterocycles. The Morgan fingerprint density at radius 3 is 2.74 bits per heavy atom. The summed E-state index contributed by atoms with van der Waals surface area (Å²) in [6.45, 7) is 5.53. The Kier molecular flexibility index (Phi) is 4.96. The summed E-state index contributed by atoms with van der Waals surface area (Å²) >= 11 is 0. The molecular formula is C14H24N4O. The first kappa shape index (κ1) is 14.1. The van der Waals surface area contributed by atoms with Gasteiger partial charge in [-0.2, -0.15) is 0 Å². The number of anilines is 1. The number of hydrogen-bond acceptors (Lipinski definition) is 5. The van der Waals surface area contributed by atoms with E-state index < -0.39 is 0 Å². The molecule has 0 saturated heterocycles. The molecule has 3 N–H and O–H groups in total. The van der Waals surface area contributed by atoms with E-state index in [1.54, 1.807) is 6.33 Å². The molecule has 1 saturated carbocycles. The van der Waals surface area contributed by atoms with Gasteiger partial charge in [0.1, 0.15) is 12.1 Å². The normalized spacial score (nSPS) is 23.1. The number of aromatic nitrogens is 2. The largest absolute Gasteiger partial charge is 0.478 e. The van der Waals surface area contributed by atoms with Crippen molar-refractivity contribution >= 4 is 5.82 Å². The number of ether oxygens (including phenoxy) is 1. The molecule has 2 rings (SSSR count). The average molecular weight is 264 g/mol. The maximum atomic E-state index is 5.92. The molecule has 0 spiro atoms. The smallest absolute Gasteiger partial charge is 0.221 e. The molecule has 106 valence electrons. The molecule has 1 fully saturated rings. The highest BCUT2D eigenvalue weighted by molar-refractivity contribution is 5.47. The van der Waals surface area contributed by atoms with E-state index >= 15 is 0 Å². The van der Waals surface area contributed by atoms with Crippen LogP contribution in [-0.4, -0.2) is 29.2 Å². The summed E-state index contributed by atoms with van der Waals surface area (Å²) < 4.78 is 5.48. The van der Waals surface area contributed by atoms with Crippen LogP contribution in [0.2, 0.25) is 0 Å². The highest BCUT2D eigenvalue weighted by Gasteiger charge is 2.18. The SMILES string of the molecule is CCOc1ncnc(NCC2CCC(N)CC2)c1C. The van der Waals surface area contributed by atoms with Crippen molar-refractivity contribution in [2.24, 2.45) is 11.7 Å². The van der Waals surface area contributed by atoms with E-state index in [9.17, 15) is 0 Å². The molecule has 0 amide bonds. The van der Waals surface area contributed by atoms with Gasteiger partial charge in [0.05, 0.1) is 12.2 Å². The van der Waals surface area contributed by atoms with Crippen LogP contribution in [0.4, 0.5) is 5.82 Å². The van der Waals surface area contributed by atoms with E-state index in [0.29, 0.717) is 24.4 Å². The molecule has 0 aliphatic heterocycles. The zero-order chi connectivity index (χ0) is 13.7. The minimum atomic E-state index is 0.404. The van der Waals surface area contributed by atoms with Gasteiger partial charge in [0.15, 0.2) is 0 Å². The molecular weight excluding hydrogens is 240 g/mol. The predicted octanol–water partition coefficient (Wildman–Crippen LogP) is 2.11. The Labute approximate surface area is 115 Å². The van der Waals surface area contributed by atoms with Gasteiger partial charge in [-0.1, -0.05) is 0 Å². The van der Waals surface area contributed by atoms with Gasteiger partial charge < -0.3 is 15.8 Å². The summed E-state index contributed by atoms with van der Waals surface area (Å²) in [5, 5.41) is 3.42. The van der Waals surface area contributed by atoms with E-state index in [2.05, 4.69) is 15.3 Å². The third kappa shape index (κ3) is 3.80. The Hall–Kier alpha value is -1.36. The van der Waals surface area contributed by atoms with Crippen molar-refractivity contribution < 1.29 is 4.74 Å². The summed E-state index contributed by atoms with van der Waals surface area (Å²) in [7, 11) is 0. The number of nitrogens with two attached hydrogens (primary N) is 1. The molecule has 1 aromatic rings. The molecule has 1 aromatic heterocycles. The van der Waals surface area contributed by atoms with Crippen LogP contribution < -0.4 is 15.8 Å². The fourth-order valence-electron chi connectivity index (χ4n) is 2.53. The third-order valence-corrected chi connectivity index (χ3v) is 3.77. The maximum absolute atomic E-state index is 5.92. The molecule has 19 heavy (non-hydrogen) atoms. The lowest BCUT2D eigenvalue weighted by molar-refractivity contribution is 0.323. The molecule has 0 unspecified atom stereocenters. The zero-order valence-corrected chi connectivity index (χ0v) is 11.9. The van der Waals surface area contributed by atoms with Crippen molar-refractivity contribution in [3.8, 4) is 5.88 Å². The van der Waals surface area contributed by atoms with E-state index in [0.717, 1.165) is 30.8 Å². The molecule has 5 heteroatoms. The topological polar surface area (TPSA) is 73.1 Å². The lowest BCUT2D eigenvalue weighted by atomic mass is 9.86. The summed E-state index contributed by atoms with van der Waals surface area (Å²) in [6, 6.07) is 0.404. The second-order valence-corrected chi connectivity index (χ2v) is 5.25. The van der Waals surface area contributed by atoms with Crippen LogP contribution in [0.1, 0.15) is 38.2 Å². The first-order valence-electron chi connectivity index (χ1n) is 7.14. The Balaban J connectivity index is 1.90. The highest BCUT2D eigenvalue weighted by Crippen LogP contribution is 2.25. The number of nitrogens with one attached hydrogen (secondary N) is 1. The fourth-order valence-corrected chi connectivity index (χ4v) is 2.53. The van der Waals surface area contributed by atoms with Gasteiger partial charge in [0, 0.05) is 12.6 Å². The molecule has 5 nitrogen and oxygen atoms in total. The summed E-state index contributed by atoms with van der Waals surface area (Å²) in [4.78, 5) is 8.44.